The van der Waals surface area contributed by atoms with Crippen LogP contribution in [-0.2, 0) is 0 Å². The zero-order valence-electron chi connectivity index (χ0n) is 11.7. The molecule has 3 heteroatoms. The van der Waals surface area contributed by atoms with Crippen molar-refractivity contribution in [3.8, 4) is 0 Å². The van der Waals surface area contributed by atoms with Crippen LogP contribution in [0, 0.1) is 6.92 Å². The van der Waals surface area contributed by atoms with Crippen molar-refractivity contribution in [2.75, 3.05) is 13.1 Å². The van der Waals surface area contributed by atoms with Crippen molar-refractivity contribution in [2.24, 2.45) is 10.7 Å². The summed E-state index contributed by atoms with van der Waals surface area (Å²) in [6, 6.07) is 8.60. The highest BCUT2D eigenvalue weighted by Crippen LogP contribution is 2.15. The molecule has 3 N–H and O–H groups in total. The third-order valence-electron chi connectivity index (χ3n) is 3.02. The average Bonchev–Trinajstić information content (AvgIpc) is 2.37. The van der Waals surface area contributed by atoms with Crippen LogP contribution in [0.1, 0.15) is 43.7 Å². The first-order chi connectivity index (χ1) is 8.63. The number of benzene rings is 1. The molecule has 0 aromatic heterocycles. The monoisotopic (exact) mass is 247 g/mol. The van der Waals surface area contributed by atoms with Gasteiger partial charge in [0.2, 0.25) is 0 Å². The zero-order valence-corrected chi connectivity index (χ0v) is 11.7. The summed E-state index contributed by atoms with van der Waals surface area (Å²) in [5.41, 5.74) is 8.40. The van der Waals surface area contributed by atoms with Gasteiger partial charge in [0.1, 0.15) is 0 Å². The Kier molecular flexibility index (Phi) is 6.26. The Bertz CT molecular complexity index is 368. The maximum atomic E-state index is 5.80. The SMILES string of the molecule is CCCCNC(N)=NCC(C)c1ccc(C)cc1. The largest absolute Gasteiger partial charge is 0.370 e. The number of nitrogens with two attached hydrogens (primary N) is 1. The van der Waals surface area contributed by atoms with Gasteiger partial charge in [0.25, 0.3) is 0 Å². The lowest BCUT2D eigenvalue weighted by molar-refractivity contribution is 0.734. The van der Waals surface area contributed by atoms with E-state index in [1.165, 1.54) is 17.5 Å². The first-order valence-corrected chi connectivity index (χ1v) is 6.73. The Hall–Kier alpha value is -1.51. The number of rotatable bonds is 6. The maximum Gasteiger partial charge on any atom is 0.188 e. The summed E-state index contributed by atoms with van der Waals surface area (Å²) in [6.45, 7) is 8.07. The molecule has 18 heavy (non-hydrogen) atoms. The van der Waals surface area contributed by atoms with Crippen LogP contribution in [0.25, 0.3) is 0 Å². The molecule has 1 rings (SSSR count). The van der Waals surface area contributed by atoms with E-state index in [2.05, 4.69) is 55.3 Å². The van der Waals surface area contributed by atoms with Crippen LogP contribution in [0.2, 0.25) is 0 Å². The molecule has 0 aliphatic heterocycles. The van der Waals surface area contributed by atoms with Gasteiger partial charge in [-0.05, 0) is 18.9 Å². The van der Waals surface area contributed by atoms with Gasteiger partial charge in [0, 0.05) is 19.0 Å². The molecule has 0 spiro atoms. The van der Waals surface area contributed by atoms with Crippen molar-refractivity contribution < 1.29 is 0 Å². The minimum absolute atomic E-state index is 0.400. The fourth-order valence-electron chi connectivity index (χ4n) is 1.68. The molecule has 1 atom stereocenters. The van der Waals surface area contributed by atoms with E-state index in [4.69, 9.17) is 5.73 Å². The fraction of sp³-hybridized carbons (Fsp3) is 0.533. The summed E-state index contributed by atoms with van der Waals surface area (Å²) in [5, 5.41) is 3.13. The molecule has 0 amide bonds. The number of nitrogens with zero attached hydrogens (tertiary/aromatic N) is 1. The van der Waals surface area contributed by atoms with Gasteiger partial charge in [-0.3, -0.25) is 4.99 Å². The molecule has 0 fully saturated rings. The van der Waals surface area contributed by atoms with Crippen LogP contribution < -0.4 is 11.1 Å². The lowest BCUT2D eigenvalue weighted by Gasteiger charge is -2.10. The quantitative estimate of drug-likeness (QED) is 0.461. The van der Waals surface area contributed by atoms with E-state index < -0.39 is 0 Å². The molecule has 0 aliphatic rings. The number of hydrogen-bond donors (Lipinski definition) is 2. The summed E-state index contributed by atoms with van der Waals surface area (Å²) < 4.78 is 0. The highest BCUT2D eigenvalue weighted by atomic mass is 15.1. The van der Waals surface area contributed by atoms with Crippen molar-refractivity contribution in [1.82, 2.24) is 5.32 Å². The highest BCUT2D eigenvalue weighted by molar-refractivity contribution is 5.77. The number of aryl methyl sites for hydroxylation is 1. The van der Waals surface area contributed by atoms with Crippen molar-refractivity contribution in [3.05, 3.63) is 35.4 Å². The predicted octanol–water partition coefficient (Wildman–Crippen LogP) is 2.80. The summed E-state index contributed by atoms with van der Waals surface area (Å²) in [7, 11) is 0. The van der Waals surface area contributed by atoms with Crippen LogP contribution in [0.5, 0.6) is 0 Å². The lowest BCUT2D eigenvalue weighted by atomic mass is 10.0. The van der Waals surface area contributed by atoms with E-state index >= 15 is 0 Å². The van der Waals surface area contributed by atoms with Crippen LogP contribution in [0.4, 0.5) is 0 Å². The Labute approximate surface area is 111 Å². The Morgan fingerprint density at radius 3 is 2.61 bits per heavy atom. The van der Waals surface area contributed by atoms with Crippen LogP contribution in [0.15, 0.2) is 29.3 Å². The fourth-order valence-corrected chi connectivity index (χ4v) is 1.68. The minimum Gasteiger partial charge on any atom is -0.370 e. The smallest absolute Gasteiger partial charge is 0.188 e. The van der Waals surface area contributed by atoms with E-state index in [1.807, 2.05) is 0 Å². The van der Waals surface area contributed by atoms with E-state index in [1.54, 1.807) is 0 Å². The first kappa shape index (κ1) is 14.6. The Morgan fingerprint density at radius 2 is 2.00 bits per heavy atom. The molecular weight excluding hydrogens is 222 g/mol. The van der Waals surface area contributed by atoms with E-state index in [0.717, 1.165) is 19.5 Å². The third kappa shape index (κ3) is 5.21. The van der Waals surface area contributed by atoms with Gasteiger partial charge in [0.15, 0.2) is 5.96 Å². The molecule has 0 heterocycles. The number of aliphatic imine (C=N–C) groups is 1. The van der Waals surface area contributed by atoms with E-state index in [-0.39, 0.29) is 0 Å². The molecule has 1 unspecified atom stereocenters. The number of unbranched alkanes of at least 4 members (excludes halogenated alkanes) is 1. The van der Waals surface area contributed by atoms with Gasteiger partial charge >= 0.3 is 0 Å². The molecule has 1 aromatic carbocycles. The molecule has 1 aromatic rings. The van der Waals surface area contributed by atoms with Crippen LogP contribution in [-0.4, -0.2) is 19.0 Å². The summed E-state index contributed by atoms with van der Waals surface area (Å²) >= 11 is 0. The van der Waals surface area contributed by atoms with Crippen molar-refractivity contribution in [1.29, 1.82) is 0 Å². The molecule has 0 saturated carbocycles. The number of nitrogens with one attached hydrogen (secondary N) is 1. The Morgan fingerprint density at radius 1 is 1.33 bits per heavy atom. The Balaban J connectivity index is 2.42. The number of hydrogen-bond acceptors (Lipinski definition) is 1. The first-order valence-electron chi connectivity index (χ1n) is 6.73. The van der Waals surface area contributed by atoms with Crippen molar-refractivity contribution >= 4 is 5.96 Å². The highest BCUT2D eigenvalue weighted by Gasteiger charge is 2.04. The van der Waals surface area contributed by atoms with Gasteiger partial charge in [-0.25, -0.2) is 0 Å². The van der Waals surface area contributed by atoms with E-state index in [0.29, 0.717) is 11.9 Å². The standard InChI is InChI=1S/C15H25N3/c1-4-5-10-17-15(16)18-11-13(3)14-8-6-12(2)7-9-14/h6-9,13H,4-5,10-11H2,1-3H3,(H3,16,17,18). The maximum absolute atomic E-state index is 5.80. The molecule has 0 radical (unpaired) electrons. The number of guanidine groups is 1. The van der Waals surface area contributed by atoms with Crippen LogP contribution in [0.3, 0.4) is 0 Å². The second kappa shape index (κ2) is 7.75. The van der Waals surface area contributed by atoms with Gasteiger partial charge in [-0.1, -0.05) is 50.1 Å². The van der Waals surface area contributed by atoms with Crippen molar-refractivity contribution in [3.63, 3.8) is 0 Å². The predicted molar refractivity (Wildman–Crippen MR) is 79.0 cm³/mol. The normalized spacial score (nSPS) is 13.4. The van der Waals surface area contributed by atoms with Gasteiger partial charge in [0.05, 0.1) is 0 Å². The molecule has 3 nitrogen and oxygen atoms in total. The van der Waals surface area contributed by atoms with Crippen LogP contribution >= 0.6 is 0 Å². The average molecular weight is 247 g/mol. The van der Waals surface area contributed by atoms with Crippen molar-refractivity contribution in [2.45, 2.75) is 39.5 Å². The zero-order chi connectivity index (χ0) is 13.4. The second-order valence-electron chi connectivity index (χ2n) is 4.82. The molecular formula is C15H25N3. The van der Waals surface area contributed by atoms with Gasteiger partial charge in [-0.2, -0.15) is 0 Å². The van der Waals surface area contributed by atoms with E-state index in [9.17, 15) is 0 Å². The minimum atomic E-state index is 0.400. The molecule has 0 aliphatic carbocycles. The summed E-state index contributed by atoms with van der Waals surface area (Å²) in [4.78, 5) is 4.38. The molecule has 0 bridgehead atoms. The lowest BCUT2D eigenvalue weighted by Crippen LogP contribution is -2.32. The summed E-state index contributed by atoms with van der Waals surface area (Å²) in [5.74, 6) is 0.958. The second-order valence-corrected chi connectivity index (χ2v) is 4.82. The molecule has 0 saturated heterocycles. The van der Waals surface area contributed by atoms with Gasteiger partial charge < -0.3 is 11.1 Å². The summed E-state index contributed by atoms with van der Waals surface area (Å²) in [6.07, 6.45) is 2.30. The molecule has 100 valence electrons. The third-order valence-corrected chi connectivity index (χ3v) is 3.02. The van der Waals surface area contributed by atoms with Gasteiger partial charge in [-0.15, -0.1) is 0 Å². The topological polar surface area (TPSA) is 50.4 Å².